The van der Waals surface area contributed by atoms with E-state index in [2.05, 4.69) is 0 Å². The highest BCUT2D eigenvalue weighted by atomic mass is 16.2. The number of hydrogen-bond acceptors (Lipinski definition) is 2. The average molecular weight is 322 g/mol. The molecule has 0 bridgehead atoms. The van der Waals surface area contributed by atoms with Crippen LogP contribution in [0.3, 0.4) is 0 Å². The highest BCUT2D eigenvalue weighted by Gasteiger charge is 2.19. The molecule has 1 heterocycles. The van der Waals surface area contributed by atoms with Crippen LogP contribution in [0.25, 0.3) is 0 Å². The molecule has 1 saturated heterocycles. The van der Waals surface area contributed by atoms with Crippen LogP contribution in [-0.2, 0) is 0 Å². The highest BCUT2D eigenvalue weighted by molar-refractivity contribution is 6.06. The number of nitrogens with zero attached hydrogens (tertiary/aromatic N) is 2. The molecule has 1 aliphatic heterocycles. The van der Waals surface area contributed by atoms with E-state index in [0.29, 0.717) is 11.1 Å². The molecule has 0 unspecified atom stereocenters. The van der Waals surface area contributed by atoms with Crippen molar-refractivity contribution in [1.29, 1.82) is 0 Å². The van der Waals surface area contributed by atoms with Gasteiger partial charge in [0.15, 0.2) is 0 Å². The molecule has 0 aromatic heterocycles. The Morgan fingerprint density at radius 3 is 2.04 bits per heavy atom. The van der Waals surface area contributed by atoms with Gasteiger partial charge in [-0.2, -0.15) is 0 Å². The van der Waals surface area contributed by atoms with Crippen LogP contribution in [0, 0.1) is 0 Å². The van der Waals surface area contributed by atoms with Crippen molar-refractivity contribution < 1.29 is 9.59 Å². The quantitative estimate of drug-likeness (QED) is 0.866. The lowest BCUT2D eigenvalue weighted by molar-refractivity contribution is 0.0724. The van der Waals surface area contributed by atoms with Crippen LogP contribution >= 0.6 is 0 Å². The Balaban J connectivity index is 1.72. The van der Waals surface area contributed by atoms with E-state index in [9.17, 15) is 9.59 Å². The second kappa shape index (κ2) is 7.30. The lowest BCUT2D eigenvalue weighted by Crippen LogP contribution is -2.35. The third-order valence-electron chi connectivity index (χ3n) is 4.47. The van der Waals surface area contributed by atoms with Gasteiger partial charge in [0.05, 0.1) is 0 Å². The zero-order chi connectivity index (χ0) is 16.9. The number of hydrogen-bond donors (Lipinski definition) is 0. The smallest absolute Gasteiger partial charge is 0.258 e. The Kier molecular flexibility index (Phi) is 4.94. The molecule has 0 spiro atoms. The van der Waals surface area contributed by atoms with Gasteiger partial charge in [-0.15, -0.1) is 0 Å². The maximum absolute atomic E-state index is 12.6. The first-order valence-corrected chi connectivity index (χ1v) is 8.39. The van der Waals surface area contributed by atoms with Gasteiger partial charge in [-0.1, -0.05) is 18.2 Å². The summed E-state index contributed by atoms with van der Waals surface area (Å²) in [6, 6.07) is 16.5. The molecule has 1 aliphatic rings. The summed E-state index contributed by atoms with van der Waals surface area (Å²) in [5.41, 5.74) is 2.07. The van der Waals surface area contributed by atoms with Gasteiger partial charge in [0.25, 0.3) is 11.8 Å². The topological polar surface area (TPSA) is 40.6 Å². The molecule has 4 nitrogen and oxygen atoms in total. The highest BCUT2D eigenvalue weighted by Crippen LogP contribution is 2.17. The summed E-state index contributed by atoms with van der Waals surface area (Å²) in [6.45, 7) is 1.66. The molecule has 0 N–H and O–H groups in total. The van der Waals surface area contributed by atoms with Gasteiger partial charge in [-0.25, -0.2) is 0 Å². The second-order valence-corrected chi connectivity index (χ2v) is 6.13. The Bertz CT molecular complexity index is 704. The fourth-order valence-corrected chi connectivity index (χ4v) is 3.00. The van der Waals surface area contributed by atoms with Gasteiger partial charge in [-0.05, 0) is 55.7 Å². The van der Waals surface area contributed by atoms with Crippen LogP contribution < -0.4 is 4.90 Å². The van der Waals surface area contributed by atoms with Crippen molar-refractivity contribution in [3.8, 4) is 0 Å². The second-order valence-electron chi connectivity index (χ2n) is 6.13. The molecule has 0 aliphatic carbocycles. The van der Waals surface area contributed by atoms with Crippen molar-refractivity contribution in [2.75, 3.05) is 25.0 Å². The van der Waals surface area contributed by atoms with E-state index >= 15 is 0 Å². The minimum atomic E-state index is -0.0850. The Hall–Kier alpha value is -2.62. The largest absolute Gasteiger partial charge is 0.339 e. The maximum Gasteiger partial charge on any atom is 0.258 e. The van der Waals surface area contributed by atoms with Gasteiger partial charge in [0.2, 0.25) is 0 Å². The standard InChI is InChI=1S/C20H22N2O2/c1-21(18-8-4-2-5-9-18)19(23)16-10-12-17(13-11-16)20(24)22-14-6-3-7-15-22/h2,4-5,8-13H,3,6-7,14-15H2,1H3. The van der Waals surface area contributed by atoms with Crippen molar-refractivity contribution in [3.05, 3.63) is 65.7 Å². The van der Waals surface area contributed by atoms with Crippen molar-refractivity contribution in [2.45, 2.75) is 19.3 Å². The molecule has 1 fully saturated rings. The summed E-state index contributed by atoms with van der Waals surface area (Å²) < 4.78 is 0. The normalized spacial score (nSPS) is 14.3. The van der Waals surface area contributed by atoms with E-state index in [1.807, 2.05) is 35.2 Å². The van der Waals surface area contributed by atoms with Gasteiger partial charge in [0, 0.05) is 37.0 Å². The molecule has 0 saturated carbocycles. The molecule has 124 valence electrons. The van der Waals surface area contributed by atoms with E-state index in [0.717, 1.165) is 31.6 Å². The van der Waals surface area contributed by atoms with Crippen LogP contribution in [-0.4, -0.2) is 36.9 Å². The zero-order valence-corrected chi connectivity index (χ0v) is 13.9. The molecule has 2 aromatic rings. The summed E-state index contributed by atoms with van der Waals surface area (Å²) in [5, 5.41) is 0. The number of amides is 2. The molecule has 2 amide bonds. The monoisotopic (exact) mass is 322 g/mol. The first-order chi connectivity index (χ1) is 11.7. The predicted octanol–water partition coefficient (Wildman–Crippen LogP) is 3.59. The Labute approximate surface area is 142 Å². The number of carbonyl (C=O) groups is 2. The van der Waals surface area contributed by atoms with Gasteiger partial charge in [-0.3, -0.25) is 9.59 Å². The van der Waals surface area contributed by atoms with Crippen molar-refractivity contribution in [2.24, 2.45) is 0 Å². The van der Waals surface area contributed by atoms with E-state index in [4.69, 9.17) is 0 Å². The molecule has 2 aromatic carbocycles. The van der Waals surface area contributed by atoms with E-state index < -0.39 is 0 Å². The van der Waals surface area contributed by atoms with Crippen LogP contribution in [0.4, 0.5) is 5.69 Å². The predicted molar refractivity (Wildman–Crippen MR) is 95.4 cm³/mol. The third-order valence-corrected chi connectivity index (χ3v) is 4.47. The lowest BCUT2D eigenvalue weighted by Gasteiger charge is -2.26. The number of carbonyl (C=O) groups excluding carboxylic acids is 2. The zero-order valence-electron chi connectivity index (χ0n) is 13.9. The summed E-state index contributed by atoms with van der Waals surface area (Å²) in [5.74, 6) is -0.0247. The summed E-state index contributed by atoms with van der Waals surface area (Å²) in [7, 11) is 1.75. The SMILES string of the molecule is CN(C(=O)c1ccc(C(=O)N2CCCCC2)cc1)c1ccccc1. The van der Waals surface area contributed by atoms with Crippen LogP contribution in [0.5, 0.6) is 0 Å². The van der Waals surface area contributed by atoms with Crippen LogP contribution in [0.15, 0.2) is 54.6 Å². The average Bonchev–Trinajstić information content (AvgIpc) is 2.68. The van der Waals surface area contributed by atoms with Crippen molar-refractivity contribution >= 4 is 17.5 Å². The van der Waals surface area contributed by atoms with Gasteiger partial charge < -0.3 is 9.80 Å². The van der Waals surface area contributed by atoms with E-state index in [1.54, 1.807) is 36.2 Å². The minimum Gasteiger partial charge on any atom is -0.339 e. The molecular weight excluding hydrogens is 300 g/mol. The van der Waals surface area contributed by atoms with Crippen LogP contribution in [0.2, 0.25) is 0 Å². The Morgan fingerprint density at radius 2 is 1.42 bits per heavy atom. The van der Waals surface area contributed by atoms with Gasteiger partial charge in [0.1, 0.15) is 0 Å². The first-order valence-electron chi connectivity index (χ1n) is 8.39. The Morgan fingerprint density at radius 1 is 0.833 bits per heavy atom. The lowest BCUT2D eigenvalue weighted by atomic mass is 10.1. The molecule has 0 radical (unpaired) electrons. The van der Waals surface area contributed by atoms with E-state index in [-0.39, 0.29) is 11.8 Å². The minimum absolute atomic E-state index is 0.0603. The first kappa shape index (κ1) is 16.2. The molecule has 0 atom stereocenters. The van der Waals surface area contributed by atoms with Crippen molar-refractivity contribution in [3.63, 3.8) is 0 Å². The van der Waals surface area contributed by atoms with Crippen LogP contribution in [0.1, 0.15) is 40.0 Å². The number of likely N-dealkylation sites (tertiary alicyclic amines) is 1. The molecule has 24 heavy (non-hydrogen) atoms. The number of piperidine rings is 1. The maximum atomic E-state index is 12.6. The summed E-state index contributed by atoms with van der Waals surface area (Å²) in [6.07, 6.45) is 3.34. The molecular formula is C20H22N2O2. The van der Waals surface area contributed by atoms with Crippen molar-refractivity contribution in [1.82, 2.24) is 4.90 Å². The molecule has 4 heteroatoms. The number of anilines is 1. The number of benzene rings is 2. The fraction of sp³-hybridized carbons (Fsp3) is 0.300. The molecule has 3 rings (SSSR count). The number of para-hydroxylation sites is 1. The summed E-state index contributed by atoms with van der Waals surface area (Å²) >= 11 is 0. The summed E-state index contributed by atoms with van der Waals surface area (Å²) in [4.78, 5) is 28.5. The van der Waals surface area contributed by atoms with E-state index in [1.165, 1.54) is 6.42 Å². The third kappa shape index (κ3) is 3.48. The fourth-order valence-electron chi connectivity index (χ4n) is 3.00. The number of rotatable bonds is 3. The van der Waals surface area contributed by atoms with Gasteiger partial charge >= 0.3 is 0 Å².